The van der Waals surface area contributed by atoms with Gasteiger partial charge in [-0.3, -0.25) is 9.59 Å². The maximum absolute atomic E-state index is 13.3. The summed E-state index contributed by atoms with van der Waals surface area (Å²) in [7, 11) is 1.58. The van der Waals surface area contributed by atoms with Gasteiger partial charge in [-0.1, -0.05) is 12.1 Å². The number of carbonyl (C=O) groups is 3. The lowest BCUT2D eigenvalue weighted by atomic mass is 9.83. The zero-order chi connectivity index (χ0) is 21.4. The number of esters is 1. The molecule has 1 atom stereocenters. The van der Waals surface area contributed by atoms with Crippen molar-refractivity contribution in [2.45, 2.75) is 32.6 Å². The number of nitrogens with zero attached hydrogens (tertiary/aromatic N) is 1. The number of hydrogen-bond acceptors (Lipinski definition) is 5. The summed E-state index contributed by atoms with van der Waals surface area (Å²) in [5.74, 6) is -2.10. The van der Waals surface area contributed by atoms with Crippen LogP contribution in [0.15, 0.2) is 35.5 Å². The Morgan fingerprint density at radius 1 is 1.28 bits per heavy atom. The Balaban J connectivity index is 2.27. The summed E-state index contributed by atoms with van der Waals surface area (Å²) in [4.78, 5) is 38.9. The molecule has 0 saturated heterocycles. The van der Waals surface area contributed by atoms with Gasteiger partial charge in [-0.15, -0.1) is 0 Å². The number of hydrogen-bond donors (Lipinski definition) is 1. The first-order valence-electron chi connectivity index (χ1n) is 9.58. The average molecular weight is 406 g/mol. The lowest BCUT2D eigenvalue weighted by Crippen LogP contribution is -2.44. The predicted octanol–water partition coefficient (Wildman–Crippen LogP) is 2.13. The third-order valence-corrected chi connectivity index (χ3v) is 4.74. The molecule has 1 N–H and O–H groups in total. The van der Waals surface area contributed by atoms with Crippen molar-refractivity contribution in [3.63, 3.8) is 0 Å². The van der Waals surface area contributed by atoms with Crippen LogP contribution in [0.3, 0.4) is 0 Å². The molecule has 7 nitrogen and oxygen atoms in total. The van der Waals surface area contributed by atoms with Gasteiger partial charge in [-0.05, 0) is 38.0 Å². The van der Waals surface area contributed by atoms with E-state index in [4.69, 9.17) is 9.47 Å². The fraction of sp³-hybridized carbons (Fsp3) is 0.476. The third-order valence-electron chi connectivity index (χ3n) is 4.74. The minimum absolute atomic E-state index is 0.00588. The van der Waals surface area contributed by atoms with E-state index < -0.39 is 17.7 Å². The van der Waals surface area contributed by atoms with Crippen molar-refractivity contribution in [2.75, 3.05) is 33.4 Å². The van der Waals surface area contributed by atoms with Crippen molar-refractivity contribution in [1.29, 1.82) is 0 Å². The Labute approximate surface area is 169 Å². The number of benzene rings is 1. The molecule has 0 aromatic heterocycles. The Hall–Kier alpha value is -2.74. The molecule has 0 saturated carbocycles. The van der Waals surface area contributed by atoms with Gasteiger partial charge >= 0.3 is 5.97 Å². The Morgan fingerprint density at radius 3 is 2.59 bits per heavy atom. The zero-order valence-electron chi connectivity index (χ0n) is 17.0. The zero-order valence-corrected chi connectivity index (χ0v) is 17.0. The number of halogens is 1. The molecule has 2 rings (SSSR count). The van der Waals surface area contributed by atoms with E-state index in [0.29, 0.717) is 36.4 Å². The third kappa shape index (κ3) is 5.87. The highest BCUT2D eigenvalue weighted by molar-refractivity contribution is 5.97. The smallest absolute Gasteiger partial charge is 0.336 e. The van der Waals surface area contributed by atoms with Gasteiger partial charge in [0.05, 0.1) is 12.2 Å². The fourth-order valence-electron chi connectivity index (χ4n) is 3.30. The Kier molecular flexibility index (Phi) is 8.33. The molecule has 0 bridgehead atoms. The molecular weight excluding hydrogens is 379 g/mol. The summed E-state index contributed by atoms with van der Waals surface area (Å²) in [6.45, 7) is 4.27. The molecular formula is C21H27FN2O5. The highest BCUT2D eigenvalue weighted by Gasteiger charge is 2.37. The second-order valence-corrected chi connectivity index (χ2v) is 6.70. The number of carbonyl (C=O) groups excluding carboxylic acids is 3. The van der Waals surface area contributed by atoms with Crippen molar-refractivity contribution < 1.29 is 28.2 Å². The summed E-state index contributed by atoms with van der Waals surface area (Å²) in [6.07, 6.45) is 0.653. The first-order chi connectivity index (χ1) is 13.9. The van der Waals surface area contributed by atoms with Crippen LogP contribution in [0.2, 0.25) is 0 Å². The quantitative estimate of drug-likeness (QED) is 0.502. The van der Waals surface area contributed by atoms with Gasteiger partial charge in [0.15, 0.2) is 0 Å². The van der Waals surface area contributed by atoms with Crippen molar-refractivity contribution in [2.24, 2.45) is 0 Å². The summed E-state index contributed by atoms with van der Waals surface area (Å²) in [6, 6.07) is 5.69. The van der Waals surface area contributed by atoms with E-state index in [1.807, 2.05) is 0 Å². The molecule has 1 aromatic rings. The molecule has 0 radical (unpaired) electrons. The highest BCUT2D eigenvalue weighted by atomic mass is 19.1. The maximum Gasteiger partial charge on any atom is 0.336 e. The molecule has 8 heteroatoms. The number of ether oxygens (including phenoxy) is 2. The van der Waals surface area contributed by atoms with Crippen molar-refractivity contribution in [3.8, 4) is 0 Å². The topological polar surface area (TPSA) is 84.9 Å². The van der Waals surface area contributed by atoms with Crippen LogP contribution in [0.5, 0.6) is 0 Å². The van der Waals surface area contributed by atoms with E-state index in [1.54, 1.807) is 33.1 Å². The van der Waals surface area contributed by atoms with Crippen molar-refractivity contribution >= 4 is 17.8 Å². The molecule has 0 unspecified atom stereocenters. The predicted molar refractivity (Wildman–Crippen MR) is 104 cm³/mol. The maximum atomic E-state index is 13.3. The van der Waals surface area contributed by atoms with Crippen LogP contribution in [-0.4, -0.2) is 56.1 Å². The number of allylic oxidation sites excluding steroid dienone is 1. The first kappa shape index (κ1) is 22.5. The molecule has 0 aliphatic carbocycles. The van der Waals surface area contributed by atoms with Crippen LogP contribution in [0.25, 0.3) is 0 Å². The van der Waals surface area contributed by atoms with Gasteiger partial charge in [0.1, 0.15) is 12.4 Å². The van der Waals surface area contributed by atoms with E-state index in [0.717, 1.165) is 0 Å². The summed E-state index contributed by atoms with van der Waals surface area (Å²) in [5.41, 5.74) is 1.33. The second-order valence-electron chi connectivity index (χ2n) is 6.70. The number of amides is 2. The SMILES string of the molecule is CCOC(=O)C1=C(C)N(CC(=O)NCCCOC)C(=O)C[C@H]1c1ccc(F)cc1. The molecule has 1 aromatic carbocycles. The summed E-state index contributed by atoms with van der Waals surface area (Å²) >= 11 is 0. The fourth-order valence-corrected chi connectivity index (χ4v) is 3.30. The number of methoxy groups -OCH3 is 1. The molecule has 29 heavy (non-hydrogen) atoms. The van der Waals surface area contributed by atoms with E-state index in [1.165, 1.54) is 17.0 Å². The van der Waals surface area contributed by atoms with Crippen LogP contribution in [0, 0.1) is 5.82 Å². The molecule has 0 spiro atoms. The van der Waals surface area contributed by atoms with Crippen LogP contribution in [-0.2, 0) is 23.9 Å². The van der Waals surface area contributed by atoms with Crippen LogP contribution < -0.4 is 5.32 Å². The average Bonchev–Trinajstić information content (AvgIpc) is 2.69. The monoisotopic (exact) mass is 406 g/mol. The first-order valence-corrected chi connectivity index (χ1v) is 9.58. The molecule has 158 valence electrons. The Bertz CT molecular complexity index is 776. The largest absolute Gasteiger partial charge is 0.463 e. The van der Waals surface area contributed by atoms with Gasteiger partial charge in [-0.25, -0.2) is 9.18 Å². The summed E-state index contributed by atoms with van der Waals surface area (Å²) < 4.78 is 23.4. The highest BCUT2D eigenvalue weighted by Crippen LogP contribution is 2.37. The lowest BCUT2D eigenvalue weighted by Gasteiger charge is -2.34. The standard InChI is InChI=1S/C21H27FN2O5/c1-4-29-21(27)20-14(2)24(13-18(25)23-10-5-11-28-3)19(26)12-17(20)15-6-8-16(22)9-7-15/h6-9,17H,4-5,10-13H2,1-3H3,(H,23,25)/t17-/m0/s1. The van der Waals surface area contributed by atoms with Crippen LogP contribution in [0.4, 0.5) is 4.39 Å². The van der Waals surface area contributed by atoms with Gasteiger partial charge < -0.3 is 19.7 Å². The second kappa shape index (κ2) is 10.7. The molecule has 2 amide bonds. The van der Waals surface area contributed by atoms with E-state index >= 15 is 0 Å². The number of nitrogens with one attached hydrogen (secondary N) is 1. The Morgan fingerprint density at radius 2 is 1.97 bits per heavy atom. The van der Waals surface area contributed by atoms with Crippen LogP contribution >= 0.6 is 0 Å². The minimum atomic E-state index is -0.553. The molecule has 0 fully saturated rings. The summed E-state index contributed by atoms with van der Waals surface area (Å²) in [5, 5.41) is 2.73. The molecule has 1 aliphatic heterocycles. The molecule has 1 heterocycles. The van der Waals surface area contributed by atoms with Crippen LogP contribution in [0.1, 0.15) is 38.2 Å². The van der Waals surface area contributed by atoms with Gasteiger partial charge in [0.2, 0.25) is 11.8 Å². The van der Waals surface area contributed by atoms with Gasteiger partial charge in [0, 0.05) is 38.3 Å². The van der Waals surface area contributed by atoms with E-state index in [9.17, 15) is 18.8 Å². The molecule has 1 aliphatic rings. The van der Waals surface area contributed by atoms with E-state index in [2.05, 4.69) is 5.32 Å². The van der Waals surface area contributed by atoms with Gasteiger partial charge in [0.25, 0.3) is 0 Å². The van der Waals surface area contributed by atoms with Gasteiger partial charge in [-0.2, -0.15) is 0 Å². The van der Waals surface area contributed by atoms with Crippen molar-refractivity contribution in [1.82, 2.24) is 10.2 Å². The number of rotatable bonds is 9. The van der Waals surface area contributed by atoms with E-state index in [-0.39, 0.29) is 31.4 Å². The minimum Gasteiger partial charge on any atom is -0.463 e. The lowest BCUT2D eigenvalue weighted by molar-refractivity contribution is -0.141. The normalized spacial score (nSPS) is 16.8. The van der Waals surface area contributed by atoms with Crippen molar-refractivity contribution in [3.05, 3.63) is 46.9 Å².